The molecule has 1 aromatic heterocycles. The highest BCUT2D eigenvalue weighted by Crippen LogP contribution is 2.32. The molecule has 1 fully saturated rings. The first kappa shape index (κ1) is 15.6. The minimum atomic E-state index is -0.0814. The van der Waals surface area contributed by atoms with Crippen LogP contribution in [0, 0.1) is 12.8 Å². The van der Waals surface area contributed by atoms with Crippen LogP contribution in [0.25, 0.3) is 0 Å². The van der Waals surface area contributed by atoms with Crippen molar-refractivity contribution in [3.8, 4) is 0 Å². The van der Waals surface area contributed by atoms with Crippen molar-refractivity contribution in [1.29, 1.82) is 0 Å². The molecule has 4 heteroatoms. The minimum Gasteiger partial charge on any atom is -0.356 e. The Hall–Kier alpha value is -0.830. The zero-order valence-electron chi connectivity index (χ0n) is 13.3. The first-order valence-corrected chi connectivity index (χ1v) is 8.00. The monoisotopic (exact) mass is 295 g/mol. The molecule has 0 amide bonds. The number of aromatic nitrogens is 2. The molecule has 1 aromatic rings. The van der Waals surface area contributed by atoms with Gasteiger partial charge in [0.05, 0.1) is 0 Å². The number of rotatable bonds is 4. The van der Waals surface area contributed by atoms with Gasteiger partial charge in [0, 0.05) is 24.1 Å². The quantitative estimate of drug-likeness (QED) is 0.773. The molecule has 1 heterocycles. The first-order chi connectivity index (χ1) is 9.32. The van der Waals surface area contributed by atoms with Crippen LogP contribution in [0.2, 0.25) is 5.15 Å². The number of anilines is 1. The summed E-state index contributed by atoms with van der Waals surface area (Å²) in [5.74, 6) is 2.67. The van der Waals surface area contributed by atoms with Crippen molar-refractivity contribution < 1.29 is 0 Å². The molecule has 0 bridgehead atoms. The van der Waals surface area contributed by atoms with E-state index in [2.05, 4.69) is 37.6 Å². The van der Waals surface area contributed by atoms with Crippen molar-refractivity contribution in [2.24, 2.45) is 5.92 Å². The van der Waals surface area contributed by atoms with E-state index in [1.165, 1.54) is 19.3 Å². The van der Waals surface area contributed by atoms with E-state index in [-0.39, 0.29) is 5.41 Å². The molecule has 0 atom stereocenters. The van der Waals surface area contributed by atoms with Gasteiger partial charge in [0.1, 0.15) is 16.8 Å². The summed E-state index contributed by atoms with van der Waals surface area (Å²) in [6.45, 7) is 12.6. The van der Waals surface area contributed by atoms with E-state index in [1.54, 1.807) is 0 Å². The minimum absolute atomic E-state index is 0.0814. The lowest BCUT2D eigenvalue weighted by Crippen LogP contribution is -2.34. The van der Waals surface area contributed by atoms with E-state index in [1.807, 2.05) is 6.92 Å². The summed E-state index contributed by atoms with van der Waals surface area (Å²) in [6.07, 6.45) is 4.07. The molecular formula is C16H26ClN3. The summed E-state index contributed by atoms with van der Waals surface area (Å²) in [7, 11) is 0. The maximum atomic E-state index is 6.33. The van der Waals surface area contributed by atoms with Crippen LogP contribution in [-0.2, 0) is 5.41 Å². The fourth-order valence-corrected chi connectivity index (χ4v) is 2.64. The maximum Gasteiger partial charge on any atom is 0.137 e. The van der Waals surface area contributed by atoms with E-state index in [0.717, 1.165) is 36.2 Å². The lowest BCUT2D eigenvalue weighted by molar-refractivity contribution is 0.317. The Kier molecular flexibility index (Phi) is 4.58. The van der Waals surface area contributed by atoms with Crippen LogP contribution in [-0.4, -0.2) is 23.1 Å². The summed E-state index contributed by atoms with van der Waals surface area (Å²) in [5.41, 5.74) is 0.919. The summed E-state index contributed by atoms with van der Waals surface area (Å²) < 4.78 is 0. The van der Waals surface area contributed by atoms with Gasteiger partial charge in [-0.1, -0.05) is 38.8 Å². The Balaban J connectivity index is 2.34. The number of hydrogen-bond acceptors (Lipinski definition) is 3. The summed E-state index contributed by atoms with van der Waals surface area (Å²) in [4.78, 5) is 11.6. The van der Waals surface area contributed by atoms with Crippen LogP contribution in [0.3, 0.4) is 0 Å². The van der Waals surface area contributed by atoms with Gasteiger partial charge in [-0.05, 0) is 32.6 Å². The van der Waals surface area contributed by atoms with Crippen LogP contribution in [0.5, 0.6) is 0 Å². The highest BCUT2D eigenvalue weighted by molar-refractivity contribution is 6.30. The molecule has 0 aromatic carbocycles. The van der Waals surface area contributed by atoms with Crippen molar-refractivity contribution in [3.63, 3.8) is 0 Å². The standard InChI is InChI=1S/C16H26ClN3/c1-6-20(10-12-8-7-9-12)14-11(2)13(17)18-15(19-14)16(3,4)5/h12H,6-10H2,1-5H3. The Bertz CT molecular complexity index is 475. The average Bonchev–Trinajstić information content (AvgIpc) is 2.31. The topological polar surface area (TPSA) is 29.0 Å². The maximum absolute atomic E-state index is 6.33. The Morgan fingerprint density at radius 3 is 2.35 bits per heavy atom. The van der Waals surface area contributed by atoms with Gasteiger partial charge in [-0.3, -0.25) is 0 Å². The van der Waals surface area contributed by atoms with Crippen LogP contribution in [0.4, 0.5) is 5.82 Å². The first-order valence-electron chi connectivity index (χ1n) is 7.62. The third-order valence-electron chi connectivity index (χ3n) is 4.12. The molecule has 0 spiro atoms. The molecule has 0 unspecified atom stereocenters. The predicted molar refractivity (Wildman–Crippen MR) is 85.7 cm³/mol. The zero-order chi connectivity index (χ0) is 14.9. The van der Waals surface area contributed by atoms with E-state index < -0.39 is 0 Å². The second-order valence-electron chi connectivity index (χ2n) is 6.87. The van der Waals surface area contributed by atoms with Crippen molar-refractivity contribution >= 4 is 17.4 Å². The summed E-state index contributed by atoms with van der Waals surface area (Å²) in [6, 6.07) is 0. The molecular weight excluding hydrogens is 270 g/mol. The molecule has 0 saturated heterocycles. The lowest BCUT2D eigenvalue weighted by Gasteiger charge is -2.33. The second kappa shape index (κ2) is 5.88. The molecule has 2 rings (SSSR count). The molecule has 0 aliphatic heterocycles. The van der Waals surface area contributed by atoms with Gasteiger partial charge in [0.2, 0.25) is 0 Å². The zero-order valence-corrected chi connectivity index (χ0v) is 14.1. The fourth-order valence-electron chi connectivity index (χ4n) is 2.47. The average molecular weight is 296 g/mol. The largest absolute Gasteiger partial charge is 0.356 e. The van der Waals surface area contributed by atoms with E-state index in [0.29, 0.717) is 5.15 Å². The Labute approximate surface area is 127 Å². The van der Waals surface area contributed by atoms with Crippen molar-refractivity contribution in [2.75, 3.05) is 18.0 Å². The summed E-state index contributed by atoms with van der Waals surface area (Å²) in [5, 5.41) is 0.590. The van der Waals surface area contributed by atoms with Gasteiger partial charge in [-0.2, -0.15) is 0 Å². The smallest absolute Gasteiger partial charge is 0.137 e. The molecule has 3 nitrogen and oxygen atoms in total. The number of nitrogens with zero attached hydrogens (tertiary/aromatic N) is 3. The number of halogens is 1. The van der Waals surface area contributed by atoms with Crippen molar-refractivity contribution in [1.82, 2.24) is 9.97 Å². The van der Waals surface area contributed by atoms with Crippen LogP contribution < -0.4 is 4.90 Å². The van der Waals surface area contributed by atoms with E-state index in [4.69, 9.17) is 16.6 Å². The highest BCUT2D eigenvalue weighted by atomic mass is 35.5. The van der Waals surface area contributed by atoms with Gasteiger partial charge in [0.15, 0.2) is 0 Å². The number of hydrogen-bond donors (Lipinski definition) is 0. The molecule has 0 N–H and O–H groups in total. The predicted octanol–water partition coefficient (Wildman–Crippen LogP) is 4.36. The van der Waals surface area contributed by atoms with Crippen molar-refractivity contribution in [3.05, 3.63) is 16.5 Å². The van der Waals surface area contributed by atoms with Gasteiger partial charge < -0.3 is 4.90 Å². The Morgan fingerprint density at radius 1 is 1.25 bits per heavy atom. The van der Waals surface area contributed by atoms with Gasteiger partial charge in [-0.25, -0.2) is 9.97 Å². The molecule has 1 saturated carbocycles. The molecule has 0 radical (unpaired) electrons. The molecule has 1 aliphatic rings. The van der Waals surface area contributed by atoms with Gasteiger partial charge >= 0.3 is 0 Å². The second-order valence-corrected chi connectivity index (χ2v) is 7.23. The van der Waals surface area contributed by atoms with Crippen molar-refractivity contribution in [2.45, 2.75) is 59.3 Å². The SMILES string of the molecule is CCN(CC1CCC1)c1nc(C(C)(C)C)nc(Cl)c1C. The molecule has 1 aliphatic carbocycles. The molecule has 20 heavy (non-hydrogen) atoms. The fraction of sp³-hybridized carbons (Fsp3) is 0.750. The normalized spacial score (nSPS) is 16.1. The van der Waals surface area contributed by atoms with Gasteiger partial charge in [-0.15, -0.1) is 0 Å². The third-order valence-corrected chi connectivity index (χ3v) is 4.48. The van der Waals surface area contributed by atoms with Crippen LogP contribution in [0.15, 0.2) is 0 Å². The third kappa shape index (κ3) is 3.25. The van der Waals surface area contributed by atoms with E-state index >= 15 is 0 Å². The van der Waals surface area contributed by atoms with Crippen LogP contribution in [0.1, 0.15) is 58.3 Å². The summed E-state index contributed by atoms with van der Waals surface area (Å²) >= 11 is 6.33. The van der Waals surface area contributed by atoms with Crippen LogP contribution >= 0.6 is 11.6 Å². The lowest BCUT2D eigenvalue weighted by atomic mass is 9.85. The molecule has 112 valence electrons. The van der Waals surface area contributed by atoms with E-state index in [9.17, 15) is 0 Å². The van der Waals surface area contributed by atoms with Gasteiger partial charge in [0.25, 0.3) is 0 Å². The highest BCUT2D eigenvalue weighted by Gasteiger charge is 2.25. The Morgan fingerprint density at radius 2 is 1.90 bits per heavy atom.